The summed E-state index contributed by atoms with van der Waals surface area (Å²) in [6, 6.07) is 4.03. The fourth-order valence-electron chi connectivity index (χ4n) is 2.87. The first-order valence-corrected chi connectivity index (χ1v) is 10.6. The van der Waals surface area contributed by atoms with Crippen LogP contribution in [0.1, 0.15) is 25.8 Å². The minimum Gasteiger partial charge on any atom is -0.327 e. The maximum absolute atomic E-state index is 12.9. The molecule has 1 fully saturated rings. The number of rotatable bonds is 4. The van der Waals surface area contributed by atoms with Crippen LogP contribution in [0, 0.1) is 12.3 Å². The van der Waals surface area contributed by atoms with E-state index in [-0.39, 0.29) is 33.7 Å². The molecule has 144 valence electrons. The van der Waals surface area contributed by atoms with Crippen LogP contribution in [-0.4, -0.2) is 47.3 Å². The predicted octanol–water partition coefficient (Wildman–Crippen LogP) is 1.07. The first-order valence-electron chi connectivity index (χ1n) is 7.72. The fraction of sp³-hybridized carbons (Fsp3) is 0.600. The largest absolute Gasteiger partial charge is 0.327 e. The molecule has 0 aromatic heterocycles. The number of nitrogens with zero attached hydrogens (tertiary/aromatic N) is 1. The van der Waals surface area contributed by atoms with Crippen LogP contribution in [0.15, 0.2) is 28.0 Å². The summed E-state index contributed by atoms with van der Waals surface area (Å²) in [5, 5.41) is 0. The van der Waals surface area contributed by atoms with Crippen LogP contribution in [0.5, 0.6) is 0 Å². The van der Waals surface area contributed by atoms with Crippen molar-refractivity contribution in [3.63, 3.8) is 0 Å². The van der Waals surface area contributed by atoms with E-state index in [1.165, 1.54) is 29.6 Å². The second-order valence-corrected chi connectivity index (χ2v) is 10.7. The van der Waals surface area contributed by atoms with Gasteiger partial charge in [0.1, 0.15) is 0 Å². The van der Waals surface area contributed by atoms with Crippen molar-refractivity contribution < 1.29 is 16.8 Å². The first-order chi connectivity index (χ1) is 10.9. The SMILES string of the molecule is CNS(=O)(=O)c1ccc(S(=O)(=O)N2CCC(N)C(C)(C)C2)cc1C.Cl. The van der Waals surface area contributed by atoms with E-state index in [0.29, 0.717) is 25.1 Å². The van der Waals surface area contributed by atoms with Crippen LogP contribution in [0.4, 0.5) is 0 Å². The Hall–Kier alpha value is -0.710. The van der Waals surface area contributed by atoms with Gasteiger partial charge >= 0.3 is 0 Å². The smallest absolute Gasteiger partial charge is 0.243 e. The van der Waals surface area contributed by atoms with Crippen molar-refractivity contribution in [2.45, 2.75) is 43.0 Å². The van der Waals surface area contributed by atoms with Crippen molar-refractivity contribution in [1.29, 1.82) is 0 Å². The summed E-state index contributed by atoms with van der Waals surface area (Å²) in [4.78, 5) is 0.172. The molecule has 1 aromatic rings. The molecule has 7 nitrogen and oxygen atoms in total. The Bertz CT molecular complexity index is 838. The van der Waals surface area contributed by atoms with E-state index in [1.54, 1.807) is 6.92 Å². The molecular formula is C15H26ClN3O4S2. The first kappa shape index (κ1) is 22.3. The Morgan fingerprint density at radius 3 is 2.32 bits per heavy atom. The molecule has 0 radical (unpaired) electrons. The molecule has 3 N–H and O–H groups in total. The summed E-state index contributed by atoms with van der Waals surface area (Å²) in [6.45, 7) is 6.19. The number of aryl methyl sites for hydroxylation is 1. The van der Waals surface area contributed by atoms with Crippen molar-refractivity contribution in [2.75, 3.05) is 20.1 Å². The molecule has 1 unspecified atom stereocenters. The Morgan fingerprint density at radius 2 is 1.84 bits per heavy atom. The van der Waals surface area contributed by atoms with Crippen molar-refractivity contribution in [3.05, 3.63) is 23.8 Å². The minimum absolute atomic E-state index is 0. The summed E-state index contributed by atoms with van der Waals surface area (Å²) in [5.41, 5.74) is 6.15. The lowest BCUT2D eigenvalue weighted by Gasteiger charge is -2.41. The highest BCUT2D eigenvalue weighted by atomic mass is 35.5. The molecule has 0 amide bonds. The minimum atomic E-state index is -3.69. The number of halogens is 1. The molecule has 0 spiro atoms. The van der Waals surface area contributed by atoms with Gasteiger partial charge in [0.15, 0.2) is 0 Å². The van der Waals surface area contributed by atoms with Gasteiger partial charge in [0.25, 0.3) is 0 Å². The van der Waals surface area contributed by atoms with Crippen molar-refractivity contribution in [3.8, 4) is 0 Å². The average Bonchev–Trinajstić information content (AvgIpc) is 2.49. The second-order valence-electron chi connectivity index (χ2n) is 6.86. The monoisotopic (exact) mass is 411 g/mol. The summed E-state index contributed by atoms with van der Waals surface area (Å²) in [5.74, 6) is 0. The van der Waals surface area contributed by atoms with Gasteiger partial charge in [0.05, 0.1) is 9.79 Å². The molecule has 0 bridgehead atoms. The number of hydrogen-bond donors (Lipinski definition) is 2. The molecule has 1 aromatic carbocycles. The number of piperidine rings is 1. The lowest BCUT2D eigenvalue weighted by molar-refractivity contribution is 0.155. The zero-order valence-electron chi connectivity index (χ0n) is 14.8. The Kier molecular flexibility index (Phi) is 6.70. The Morgan fingerprint density at radius 1 is 1.24 bits per heavy atom. The fourth-order valence-corrected chi connectivity index (χ4v) is 5.53. The molecular weight excluding hydrogens is 386 g/mol. The van der Waals surface area contributed by atoms with Crippen molar-refractivity contribution >= 4 is 32.5 Å². The number of nitrogens with one attached hydrogen (secondary N) is 1. The third-order valence-electron chi connectivity index (χ3n) is 4.62. The molecule has 0 aliphatic carbocycles. The number of benzene rings is 1. The summed E-state index contributed by atoms with van der Waals surface area (Å²) in [7, 11) is -5.98. The molecule has 1 saturated heterocycles. The molecule has 2 rings (SSSR count). The van der Waals surface area contributed by atoms with Crippen LogP contribution in [0.3, 0.4) is 0 Å². The van der Waals surface area contributed by atoms with E-state index in [9.17, 15) is 16.8 Å². The number of hydrogen-bond acceptors (Lipinski definition) is 5. The van der Waals surface area contributed by atoms with E-state index in [2.05, 4.69) is 4.72 Å². The molecule has 0 saturated carbocycles. The van der Waals surface area contributed by atoms with Gasteiger partial charge in [-0.2, -0.15) is 4.31 Å². The highest BCUT2D eigenvalue weighted by molar-refractivity contribution is 7.89. The standard InChI is InChI=1S/C15H25N3O4S2.ClH/c1-11-9-12(5-6-13(11)23(19,20)17-4)24(21,22)18-8-7-14(16)15(2,3)10-18;/h5-6,9,14,17H,7-8,10,16H2,1-4H3;1H. The Labute approximate surface area is 156 Å². The predicted molar refractivity (Wildman–Crippen MR) is 99.8 cm³/mol. The van der Waals surface area contributed by atoms with E-state index in [4.69, 9.17) is 5.73 Å². The quantitative estimate of drug-likeness (QED) is 0.770. The van der Waals surface area contributed by atoms with Crippen LogP contribution in [-0.2, 0) is 20.0 Å². The van der Waals surface area contributed by atoms with Gasteiger partial charge in [-0.1, -0.05) is 13.8 Å². The van der Waals surface area contributed by atoms with Gasteiger partial charge in [0, 0.05) is 19.1 Å². The van der Waals surface area contributed by atoms with Gasteiger partial charge in [0.2, 0.25) is 20.0 Å². The summed E-state index contributed by atoms with van der Waals surface area (Å²) < 4.78 is 53.3. The summed E-state index contributed by atoms with van der Waals surface area (Å²) >= 11 is 0. The van der Waals surface area contributed by atoms with Gasteiger partial charge in [-0.3, -0.25) is 0 Å². The third kappa shape index (κ3) is 4.35. The van der Waals surface area contributed by atoms with E-state index in [1.807, 2.05) is 13.8 Å². The van der Waals surface area contributed by atoms with Gasteiger partial charge in [-0.05, 0) is 49.6 Å². The van der Waals surface area contributed by atoms with Gasteiger partial charge in [-0.15, -0.1) is 12.4 Å². The second kappa shape index (κ2) is 7.50. The molecule has 1 aliphatic heterocycles. The molecule has 1 heterocycles. The molecule has 10 heteroatoms. The van der Waals surface area contributed by atoms with Gasteiger partial charge < -0.3 is 5.73 Å². The van der Waals surface area contributed by atoms with Crippen molar-refractivity contribution in [1.82, 2.24) is 9.03 Å². The highest BCUT2D eigenvalue weighted by Gasteiger charge is 2.39. The van der Waals surface area contributed by atoms with E-state index < -0.39 is 20.0 Å². The lowest BCUT2D eigenvalue weighted by atomic mass is 9.81. The zero-order valence-corrected chi connectivity index (χ0v) is 17.3. The van der Waals surface area contributed by atoms with E-state index in [0.717, 1.165) is 0 Å². The topological polar surface area (TPSA) is 110 Å². The maximum atomic E-state index is 12.9. The Balaban J connectivity index is 0.00000312. The lowest BCUT2D eigenvalue weighted by Crippen LogP contribution is -2.53. The number of nitrogens with two attached hydrogens (primary N) is 1. The van der Waals surface area contributed by atoms with E-state index >= 15 is 0 Å². The number of sulfonamides is 2. The third-order valence-corrected chi connectivity index (χ3v) is 8.04. The van der Waals surface area contributed by atoms with Crippen molar-refractivity contribution in [2.24, 2.45) is 11.1 Å². The molecule has 1 aliphatic rings. The van der Waals surface area contributed by atoms with Crippen LogP contribution in [0.2, 0.25) is 0 Å². The van der Waals surface area contributed by atoms with Crippen LogP contribution >= 0.6 is 12.4 Å². The molecule has 25 heavy (non-hydrogen) atoms. The zero-order chi connectivity index (χ0) is 18.3. The molecule has 1 atom stereocenters. The normalized spacial score (nSPS) is 21.6. The maximum Gasteiger partial charge on any atom is 0.243 e. The average molecular weight is 412 g/mol. The summed E-state index contributed by atoms with van der Waals surface area (Å²) in [6.07, 6.45) is 0.595. The highest BCUT2D eigenvalue weighted by Crippen LogP contribution is 2.32. The van der Waals surface area contributed by atoms with Crippen LogP contribution < -0.4 is 10.5 Å². The van der Waals surface area contributed by atoms with Gasteiger partial charge in [-0.25, -0.2) is 21.6 Å². The van der Waals surface area contributed by atoms with Crippen LogP contribution in [0.25, 0.3) is 0 Å².